The van der Waals surface area contributed by atoms with Crippen molar-refractivity contribution in [1.82, 2.24) is 9.80 Å². The molecule has 112 valence electrons. The number of piperazine rings is 1. The zero-order valence-electron chi connectivity index (χ0n) is 12.1. The van der Waals surface area contributed by atoms with Crippen LogP contribution in [-0.2, 0) is 9.84 Å². The maximum atomic E-state index is 11.6. The maximum Gasteiger partial charge on any atom is 0.150 e. The first-order valence-electron chi connectivity index (χ1n) is 7.28. The van der Waals surface area contributed by atoms with Crippen LogP contribution in [-0.4, -0.2) is 74.5 Å². The normalized spacial score (nSPS) is 32.3. The van der Waals surface area contributed by atoms with Gasteiger partial charge in [-0.2, -0.15) is 0 Å². The van der Waals surface area contributed by atoms with E-state index in [1.165, 1.54) is 0 Å². The average Bonchev–Trinajstić information content (AvgIpc) is 2.40. The fourth-order valence-electron chi connectivity index (χ4n) is 3.39. The van der Waals surface area contributed by atoms with Crippen LogP contribution in [0.2, 0.25) is 0 Å². The highest BCUT2D eigenvalue weighted by Gasteiger charge is 2.42. The van der Waals surface area contributed by atoms with Gasteiger partial charge in [-0.05, 0) is 26.3 Å². The van der Waals surface area contributed by atoms with Crippen molar-refractivity contribution in [2.75, 3.05) is 44.7 Å². The summed E-state index contributed by atoms with van der Waals surface area (Å²) in [4.78, 5) is 4.87. The summed E-state index contributed by atoms with van der Waals surface area (Å²) in [5.74, 6) is 0.598. The molecule has 2 aliphatic heterocycles. The molecule has 0 spiro atoms. The molecule has 0 aromatic rings. The third kappa shape index (κ3) is 3.12. The van der Waals surface area contributed by atoms with Gasteiger partial charge in [0, 0.05) is 37.8 Å². The van der Waals surface area contributed by atoms with Crippen LogP contribution in [0.1, 0.15) is 26.2 Å². The van der Waals surface area contributed by atoms with E-state index in [2.05, 4.69) is 23.8 Å². The van der Waals surface area contributed by atoms with Gasteiger partial charge in [0.2, 0.25) is 0 Å². The zero-order chi connectivity index (χ0) is 14.1. The van der Waals surface area contributed by atoms with E-state index in [-0.39, 0.29) is 5.54 Å². The third-order valence-corrected chi connectivity index (χ3v) is 6.71. The van der Waals surface area contributed by atoms with E-state index >= 15 is 0 Å². The van der Waals surface area contributed by atoms with Gasteiger partial charge in [0.15, 0.2) is 0 Å². The minimum Gasteiger partial charge on any atom is -0.329 e. The highest BCUT2D eigenvalue weighted by atomic mass is 32.2. The van der Waals surface area contributed by atoms with E-state index in [9.17, 15) is 8.42 Å². The Morgan fingerprint density at radius 2 is 1.89 bits per heavy atom. The molecule has 6 heteroatoms. The molecule has 0 radical (unpaired) electrons. The quantitative estimate of drug-likeness (QED) is 0.787. The highest BCUT2D eigenvalue weighted by molar-refractivity contribution is 7.91. The van der Waals surface area contributed by atoms with E-state index in [0.29, 0.717) is 36.9 Å². The fraction of sp³-hybridized carbons (Fsp3) is 1.00. The molecule has 1 atom stereocenters. The molecule has 0 bridgehead atoms. The number of hydrogen-bond donors (Lipinski definition) is 1. The highest BCUT2D eigenvalue weighted by Crippen LogP contribution is 2.31. The van der Waals surface area contributed by atoms with Crippen LogP contribution in [0.25, 0.3) is 0 Å². The Morgan fingerprint density at radius 3 is 2.42 bits per heavy atom. The monoisotopic (exact) mass is 289 g/mol. The van der Waals surface area contributed by atoms with Crippen molar-refractivity contribution >= 4 is 9.84 Å². The Morgan fingerprint density at radius 1 is 1.26 bits per heavy atom. The van der Waals surface area contributed by atoms with Crippen molar-refractivity contribution in [2.24, 2.45) is 5.73 Å². The summed E-state index contributed by atoms with van der Waals surface area (Å²) in [5, 5.41) is 0. The van der Waals surface area contributed by atoms with Crippen molar-refractivity contribution in [3.05, 3.63) is 0 Å². The van der Waals surface area contributed by atoms with Gasteiger partial charge in [0.05, 0.1) is 11.5 Å². The maximum absolute atomic E-state index is 11.6. The van der Waals surface area contributed by atoms with Gasteiger partial charge in [0.1, 0.15) is 9.84 Å². The van der Waals surface area contributed by atoms with E-state index in [1.807, 2.05) is 0 Å². The van der Waals surface area contributed by atoms with Crippen LogP contribution < -0.4 is 5.73 Å². The Hall–Kier alpha value is -0.170. The number of nitrogens with two attached hydrogens (primary N) is 1. The van der Waals surface area contributed by atoms with Crippen molar-refractivity contribution in [3.8, 4) is 0 Å². The molecule has 0 amide bonds. The predicted molar refractivity (Wildman–Crippen MR) is 78.0 cm³/mol. The Labute approximate surface area is 117 Å². The summed E-state index contributed by atoms with van der Waals surface area (Å²) in [6.07, 6.45) is 2.53. The molecule has 2 rings (SSSR count). The van der Waals surface area contributed by atoms with Crippen LogP contribution in [0.3, 0.4) is 0 Å². The van der Waals surface area contributed by atoms with Gasteiger partial charge in [-0.3, -0.25) is 4.90 Å². The van der Waals surface area contributed by atoms with E-state index in [1.54, 1.807) is 0 Å². The third-order valence-electron chi connectivity index (χ3n) is 5.06. The predicted octanol–water partition coefficient (Wildman–Crippen LogP) is -0.0815. The molecule has 2 aliphatic rings. The van der Waals surface area contributed by atoms with Gasteiger partial charge >= 0.3 is 0 Å². The minimum atomic E-state index is -2.83. The molecule has 2 fully saturated rings. The molecular formula is C13H27N3O2S. The van der Waals surface area contributed by atoms with Crippen molar-refractivity contribution in [1.29, 1.82) is 0 Å². The van der Waals surface area contributed by atoms with Crippen LogP contribution in [0, 0.1) is 0 Å². The van der Waals surface area contributed by atoms with Gasteiger partial charge < -0.3 is 10.6 Å². The SMILES string of the molecule is CCC1CN(C2(CN)CCS(=O)(=O)CC2)CCN1C. The smallest absolute Gasteiger partial charge is 0.150 e. The van der Waals surface area contributed by atoms with Crippen LogP contribution >= 0.6 is 0 Å². The van der Waals surface area contributed by atoms with E-state index < -0.39 is 9.84 Å². The Balaban J connectivity index is 2.10. The molecule has 0 aromatic heterocycles. The standard InChI is InChI=1S/C13H27N3O2S/c1-3-12-10-16(7-6-15(12)2)13(11-14)4-8-19(17,18)9-5-13/h12H,3-11,14H2,1-2H3. The first-order chi connectivity index (χ1) is 8.92. The summed E-state index contributed by atoms with van der Waals surface area (Å²) in [5.41, 5.74) is 5.95. The summed E-state index contributed by atoms with van der Waals surface area (Å²) in [6, 6.07) is 0.565. The lowest BCUT2D eigenvalue weighted by molar-refractivity contribution is 0.00647. The zero-order valence-corrected chi connectivity index (χ0v) is 13.0. The molecule has 5 nitrogen and oxygen atoms in total. The molecule has 2 saturated heterocycles. The molecule has 0 aliphatic carbocycles. The van der Waals surface area contributed by atoms with Crippen molar-refractivity contribution in [3.63, 3.8) is 0 Å². The number of likely N-dealkylation sites (N-methyl/N-ethyl adjacent to an activating group) is 1. The Bertz CT molecular complexity index is 396. The number of rotatable bonds is 3. The molecule has 2 N–H and O–H groups in total. The van der Waals surface area contributed by atoms with Crippen LogP contribution in [0.5, 0.6) is 0 Å². The van der Waals surface area contributed by atoms with E-state index in [4.69, 9.17) is 5.73 Å². The number of nitrogens with zero attached hydrogens (tertiary/aromatic N) is 2. The first kappa shape index (κ1) is 15.2. The lowest BCUT2D eigenvalue weighted by Gasteiger charge is -2.51. The molecule has 0 aromatic carbocycles. The molecule has 19 heavy (non-hydrogen) atoms. The topological polar surface area (TPSA) is 66.6 Å². The van der Waals surface area contributed by atoms with Crippen molar-refractivity contribution in [2.45, 2.75) is 37.8 Å². The largest absolute Gasteiger partial charge is 0.329 e. The average molecular weight is 289 g/mol. The lowest BCUT2D eigenvalue weighted by atomic mass is 9.88. The van der Waals surface area contributed by atoms with Gasteiger partial charge in [-0.1, -0.05) is 6.92 Å². The molecule has 2 heterocycles. The van der Waals surface area contributed by atoms with Crippen molar-refractivity contribution < 1.29 is 8.42 Å². The number of hydrogen-bond acceptors (Lipinski definition) is 5. The molecule has 1 unspecified atom stereocenters. The van der Waals surface area contributed by atoms with Gasteiger partial charge in [-0.15, -0.1) is 0 Å². The summed E-state index contributed by atoms with van der Waals surface area (Å²) >= 11 is 0. The molecule has 0 saturated carbocycles. The lowest BCUT2D eigenvalue weighted by Crippen LogP contribution is -2.64. The summed E-state index contributed by atoms with van der Waals surface area (Å²) < 4.78 is 23.3. The minimum absolute atomic E-state index is 0.0833. The van der Waals surface area contributed by atoms with E-state index in [0.717, 1.165) is 26.1 Å². The fourth-order valence-corrected chi connectivity index (χ4v) is 4.97. The van der Waals surface area contributed by atoms with Gasteiger partial charge in [-0.25, -0.2) is 8.42 Å². The van der Waals surface area contributed by atoms with Gasteiger partial charge in [0.25, 0.3) is 0 Å². The molecular weight excluding hydrogens is 262 g/mol. The summed E-state index contributed by atoms with van der Waals surface area (Å²) in [7, 11) is -0.652. The second-order valence-electron chi connectivity index (χ2n) is 6.07. The second-order valence-corrected chi connectivity index (χ2v) is 8.37. The van der Waals surface area contributed by atoms with Crippen LogP contribution in [0.15, 0.2) is 0 Å². The second kappa shape index (κ2) is 5.68. The summed E-state index contributed by atoms with van der Waals surface area (Å²) in [6.45, 7) is 5.86. The number of sulfone groups is 1. The first-order valence-corrected chi connectivity index (χ1v) is 9.10. The van der Waals surface area contributed by atoms with Crippen LogP contribution in [0.4, 0.5) is 0 Å². The Kier molecular flexibility index (Phi) is 4.55.